The number of aryl methyl sites for hydroxylation is 1. The molecule has 25 heavy (non-hydrogen) atoms. The Balaban J connectivity index is 1.65. The number of morpholine rings is 1. The van der Waals surface area contributed by atoms with E-state index in [9.17, 15) is 9.59 Å². The molecule has 1 saturated heterocycles. The Morgan fingerprint density at radius 2 is 2.12 bits per heavy atom. The van der Waals surface area contributed by atoms with Crippen LogP contribution in [0.25, 0.3) is 0 Å². The first-order chi connectivity index (χ1) is 12.1. The number of anilines is 1. The van der Waals surface area contributed by atoms with E-state index < -0.39 is 5.97 Å². The molecule has 0 spiro atoms. The molecule has 1 atom stereocenters. The number of esters is 1. The summed E-state index contributed by atoms with van der Waals surface area (Å²) in [6.07, 6.45) is -0.283. The Labute approximate surface area is 145 Å². The first kappa shape index (κ1) is 17.0. The molecule has 1 N–H and O–H groups in total. The number of benzene rings is 1. The largest absolute Gasteiger partial charge is 0.465 e. The van der Waals surface area contributed by atoms with Crippen molar-refractivity contribution in [1.29, 1.82) is 0 Å². The molecule has 0 radical (unpaired) electrons. The predicted octanol–water partition coefficient (Wildman–Crippen LogP) is 2.98. The molecule has 1 aromatic carbocycles. The van der Waals surface area contributed by atoms with E-state index in [2.05, 4.69) is 10.1 Å². The van der Waals surface area contributed by atoms with Gasteiger partial charge in [-0.3, -0.25) is 0 Å². The summed E-state index contributed by atoms with van der Waals surface area (Å²) < 4.78 is 16.0. The summed E-state index contributed by atoms with van der Waals surface area (Å²) in [6, 6.07) is 10.1. The maximum absolute atomic E-state index is 12.5. The maximum atomic E-state index is 12.5. The predicted molar refractivity (Wildman–Crippen MR) is 90.5 cm³/mol. The summed E-state index contributed by atoms with van der Waals surface area (Å²) in [4.78, 5) is 25.8. The van der Waals surface area contributed by atoms with Gasteiger partial charge in [0.25, 0.3) is 0 Å². The van der Waals surface area contributed by atoms with E-state index in [4.69, 9.17) is 9.15 Å². The van der Waals surface area contributed by atoms with Crippen LogP contribution in [0.15, 0.2) is 40.8 Å². The topological polar surface area (TPSA) is 81.0 Å². The molecule has 1 aliphatic heterocycles. The Morgan fingerprint density at radius 1 is 1.28 bits per heavy atom. The van der Waals surface area contributed by atoms with E-state index in [-0.39, 0.29) is 12.1 Å². The van der Waals surface area contributed by atoms with Crippen LogP contribution in [0.1, 0.15) is 28.0 Å². The molecule has 2 aromatic rings. The Hall–Kier alpha value is -2.80. The number of urea groups is 1. The van der Waals surface area contributed by atoms with Gasteiger partial charge in [0.2, 0.25) is 0 Å². The monoisotopic (exact) mass is 344 g/mol. The molecule has 7 nitrogen and oxygen atoms in total. The van der Waals surface area contributed by atoms with Gasteiger partial charge in [0, 0.05) is 12.2 Å². The van der Waals surface area contributed by atoms with Crippen LogP contribution in [0, 0.1) is 6.92 Å². The van der Waals surface area contributed by atoms with Crippen LogP contribution >= 0.6 is 0 Å². The Morgan fingerprint density at radius 3 is 2.84 bits per heavy atom. The van der Waals surface area contributed by atoms with E-state index >= 15 is 0 Å². The molecule has 3 rings (SSSR count). The molecule has 2 amide bonds. The molecule has 0 bridgehead atoms. The van der Waals surface area contributed by atoms with Crippen LogP contribution < -0.4 is 5.32 Å². The molecule has 1 aromatic heterocycles. The third-order valence-corrected chi connectivity index (χ3v) is 3.97. The van der Waals surface area contributed by atoms with Crippen molar-refractivity contribution in [2.75, 3.05) is 32.1 Å². The minimum Gasteiger partial charge on any atom is -0.465 e. The van der Waals surface area contributed by atoms with E-state index in [1.54, 1.807) is 29.2 Å². The number of hydrogen-bond acceptors (Lipinski definition) is 5. The van der Waals surface area contributed by atoms with Crippen LogP contribution in [0.3, 0.4) is 0 Å². The molecular weight excluding hydrogens is 324 g/mol. The summed E-state index contributed by atoms with van der Waals surface area (Å²) in [5, 5.41) is 2.80. The van der Waals surface area contributed by atoms with Gasteiger partial charge < -0.3 is 24.1 Å². The summed E-state index contributed by atoms with van der Waals surface area (Å²) in [6.45, 7) is 3.18. The van der Waals surface area contributed by atoms with Gasteiger partial charge >= 0.3 is 12.0 Å². The van der Waals surface area contributed by atoms with Crippen molar-refractivity contribution in [3.8, 4) is 0 Å². The molecule has 0 saturated carbocycles. The smallest absolute Gasteiger partial charge is 0.337 e. The van der Waals surface area contributed by atoms with E-state index in [0.717, 1.165) is 5.76 Å². The normalized spacial score (nSPS) is 17.2. The van der Waals surface area contributed by atoms with Crippen LogP contribution in [0.2, 0.25) is 0 Å². The zero-order chi connectivity index (χ0) is 17.8. The summed E-state index contributed by atoms with van der Waals surface area (Å²) >= 11 is 0. The van der Waals surface area contributed by atoms with Crippen molar-refractivity contribution in [2.45, 2.75) is 13.0 Å². The van der Waals surface area contributed by atoms with Gasteiger partial charge in [0.15, 0.2) is 0 Å². The SMILES string of the molecule is COC(=O)c1cccc(NC(=O)N2CCO[C@H](c3ccc(C)o3)C2)c1. The molecule has 7 heteroatoms. The first-order valence-corrected chi connectivity index (χ1v) is 7.99. The zero-order valence-electron chi connectivity index (χ0n) is 14.2. The quantitative estimate of drug-likeness (QED) is 0.866. The average molecular weight is 344 g/mol. The fourth-order valence-electron chi connectivity index (χ4n) is 2.68. The second kappa shape index (κ2) is 7.40. The first-order valence-electron chi connectivity index (χ1n) is 7.99. The van der Waals surface area contributed by atoms with Gasteiger partial charge in [-0.2, -0.15) is 0 Å². The van der Waals surface area contributed by atoms with Gasteiger partial charge in [-0.25, -0.2) is 9.59 Å². The highest BCUT2D eigenvalue weighted by atomic mass is 16.5. The molecule has 1 aliphatic rings. The lowest BCUT2D eigenvalue weighted by atomic mass is 10.2. The number of rotatable bonds is 3. The number of carbonyl (C=O) groups excluding carboxylic acids is 2. The second-order valence-corrected chi connectivity index (χ2v) is 5.76. The Kier molecular flexibility index (Phi) is 5.04. The number of nitrogens with one attached hydrogen (secondary N) is 1. The van der Waals surface area contributed by atoms with Gasteiger partial charge in [0.05, 0.1) is 25.8 Å². The number of furan rings is 1. The summed E-state index contributed by atoms with van der Waals surface area (Å²) in [5.74, 6) is 1.07. The van der Waals surface area contributed by atoms with Crippen LogP contribution in [0.4, 0.5) is 10.5 Å². The van der Waals surface area contributed by atoms with Crippen LogP contribution in [0.5, 0.6) is 0 Å². The number of ether oxygens (including phenoxy) is 2. The van der Waals surface area contributed by atoms with Gasteiger partial charge in [-0.05, 0) is 37.3 Å². The molecule has 2 heterocycles. The van der Waals surface area contributed by atoms with E-state index in [0.29, 0.717) is 36.7 Å². The number of methoxy groups -OCH3 is 1. The highest BCUT2D eigenvalue weighted by Crippen LogP contribution is 2.24. The highest BCUT2D eigenvalue weighted by molar-refractivity contribution is 5.93. The molecular formula is C18H20N2O5. The standard InChI is InChI=1S/C18H20N2O5/c1-12-6-7-15(25-12)16-11-20(8-9-24-16)18(22)19-14-5-3-4-13(10-14)17(21)23-2/h3-7,10,16H,8-9,11H2,1-2H3,(H,19,22)/t16-/m0/s1. The fraction of sp³-hybridized carbons (Fsp3) is 0.333. The zero-order valence-corrected chi connectivity index (χ0v) is 14.2. The van der Waals surface area contributed by atoms with Crippen LogP contribution in [-0.2, 0) is 9.47 Å². The average Bonchev–Trinajstić information content (AvgIpc) is 3.08. The van der Waals surface area contributed by atoms with Crippen molar-refractivity contribution in [3.63, 3.8) is 0 Å². The lowest BCUT2D eigenvalue weighted by Gasteiger charge is -2.32. The van der Waals surface area contributed by atoms with Crippen molar-refractivity contribution in [2.24, 2.45) is 0 Å². The number of amides is 2. The number of hydrogen-bond donors (Lipinski definition) is 1. The molecule has 132 valence electrons. The number of carbonyl (C=O) groups is 2. The van der Waals surface area contributed by atoms with Crippen molar-refractivity contribution in [1.82, 2.24) is 4.90 Å². The van der Waals surface area contributed by atoms with E-state index in [1.807, 2.05) is 19.1 Å². The van der Waals surface area contributed by atoms with Gasteiger partial charge in [0.1, 0.15) is 17.6 Å². The lowest BCUT2D eigenvalue weighted by Crippen LogP contribution is -2.44. The van der Waals surface area contributed by atoms with Crippen molar-refractivity contribution >= 4 is 17.7 Å². The molecule has 0 unspecified atom stereocenters. The third-order valence-electron chi connectivity index (χ3n) is 3.97. The van der Waals surface area contributed by atoms with Gasteiger partial charge in [-0.1, -0.05) is 6.07 Å². The number of nitrogens with zero attached hydrogens (tertiary/aromatic N) is 1. The van der Waals surface area contributed by atoms with Gasteiger partial charge in [-0.15, -0.1) is 0 Å². The third kappa shape index (κ3) is 4.00. The summed E-state index contributed by atoms with van der Waals surface area (Å²) in [5.41, 5.74) is 0.913. The summed E-state index contributed by atoms with van der Waals surface area (Å²) in [7, 11) is 1.32. The van der Waals surface area contributed by atoms with Crippen molar-refractivity contribution in [3.05, 3.63) is 53.5 Å². The molecule has 1 fully saturated rings. The van der Waals surface area contributed by atoms with Crippen LogP contribution in [-0.4, -0.2) is 43.7 Å². The fourth-order valence-corrected chi connectivity index (χ4v) is 2.68. The van der Waals surface area contributed by atoms with E-state index in [1.165, 1.54) is 7.11 Å². The van der Waals surface area contributed by atoms with Crippen molar-refractivity contribution < 1.29 is 23.5 Å². The second-order valence-electron chi connectivity index (χ2n) is 5.76. The molecule has 0 aliphatic carbocycles. The minimum absolute atomic E-state index is 0.251. The maximum Gasteiger partial charge on any atom is 0.337 e. The minimum atomic E-state index is -0.448. The highest BCUT2D eigenvalue weighted by Gasteiger charge is 2.27. The lowest BCUT2D eigenvalue weighted by molar-refractivity contribution is -0.0246. The Bertz CT molecular complexity index is 770.